The number of fused-ring (bicyclic) bond motifs is 2. The zero-order chi connectivity index (χ0) is 76.1. The summed E-state index contributed by atoms with van der Waals surface area (Å²) in [5, 5.41) is 22.8. The van der Waals surface area contributed by atoms with Crippen LogP contribution in [0.1, 0.15) is 95.3 Å². The van der Waals surface area contributed by atoms with Crippen LogP contribution in [0.2, 0.25) is 0 Å². The van der Waals surface area contributed by atoms with Crippen molar-refractivity contribution in [1.82, 2.24) is 13.7 Å². The summed E-state index contributed by atoms with van der Waals surface area (Å²) in [7, 11) is -10.2. The van der Waals surface area contributed by atoms with Crippen LogP contribution in [-0.2, 0) is 80.5 Å². The quantitative estimate of drug-likeness (QED) is 0.0383. The Bertz CT molecular complexity index is 3720. The third-order valence-corrected chi connectivity index (χ3v) is 17.3. The number of sulfonamides is 2. The molecule has 0 radical (unpaired) electrons. The molecule has 2 amide bonds. The van der Waals surface area contributed by atoms with E-state index in [0.29, 0.717) is 35.8 Å². The number of hydroxylamine groups is 2. The lowest BCUT2D eigenvalue weighted by Gasteiger charge is -2.30. The zero-order valence-electron chi connectivity index (χ0n) is 63.3. The van der Waals surface area contributed by atoms with Crippen LogP contribution in [0, 0.1) is 29.5 Å². The van der Waals surface area contributed by atoms with Crippen molar-refractivity contribution >= 4 is 55.4 Å². The van der Waals surface area contributed by atoms with E-state index < -0.39 is 168 Å². The molecule has 25 heteroatoms. The highest BCUT2D eigenvalue weighted by atomic mass is 32.2. The van der Waals surface area contributed by atoms with Crippen LogP contribution in [0.4, 0.5) is 16.2 Å². The molecule has 8 N–H and O–H groups in total. The molecule has 5 heterocycles. The molecule has 5 aliphatic heterocycles. The van der Waals surface area contributed by atoms with Gasteiger partial charge in [0.1, 0.15) is 12.2 Å². The van der Waals surface area contributed by atoms with Gasteiger partial charge in [-0.15, -0.1) is 0 Å². The van der Waals surface area contributed by atoms with Gasteiger partial charge in [-0.3, -0.25) is 19.2 Å². The largest absolute Gasteiger partial charge is 0.534 e. The summed E-state index contributed by atoms with van der Waals surface area (Å²) in [6.07, 6.45) is -5.66. The summed E-state index contributed by atoms with van der Waals surface area (Å²) >= 11 is 0. The minimum atomic E-state index is -5.16. The lowest BCUT2D eigenvalue weighted by atomic mass is 9.90. The molecule has 0 aromatic heterocycles. The molecule has 5 saturated heterocycles. The molecule has 0 bridgehead atoms. The maximum absolute atomic E-state index is 14.0. The third-order valence-electron chi connectivity index (χ3n) is 13.9. The Kier molecular flexibility index (Phi) is 16.0. The van der Waals surface area contributed by atoms with E-state index in [-0.39, 0.29) is 77.0 Å². The minimum absolute atomic E-state index is 0.0162. The molecule has 23 nitrogen and oxygen atoms in total. The number of ether oxygens (including phenoxy) is 6. The molecular weight excluding hydrogens is 1130 g/mol. The Morgan fingerprint density at radius 1 is 0.667 bits per heavy atom. The molecule has 0 spiro atoms. The first-order valence-electron chi connectivity index (χ1n) is 35.5. The van der Waals surface area contributed by atoms with Crippen molar-refractivity contribution in [2.75, 3.05) is 64.0 Å². The van der Waals surface area contributed by atoms with E-state index in [4.69, 9.17) is 70.3 Å². The number of nitrogen functional groups attached to an aromatic ring is 2. The van der Waals surface area contributed by atoms with Crippen molar-refractivity contribution in [2.24, 2.45) is 35.3 Å². The number of nitrogens with two attached hydrogens (primary N) is 3. The normalized spacial score (nSPS) is 27.0. The maximum atomic E-state index is 14.0. The second-order valence-corrected chi connectivity index (χ2v) is 23.7. The molecule has 0 unspecified atom stereocenters. The molecule has 0 aliphatic carbocycles. The zero-order valence-corrected chi connectivity index (χ0v) is 46.9. The molecule has 460 valence electrons. The van der Waals surface area contributed by atoms with E-state index >= 15 is 0 Å². The highest BCUT2D eigenvalue weighted by molar-refractivity contribution is 7.89. The second kappa shape index (κ2) is 30.3. The third kappa shape index (κ3) is 18.2. The number of amides is 2. The Labute approximate surface area is 516 Å². The molecule has 5 fully saturated rings. The monoisotopic (exact) mass is 1230 g/mol. The Morgan fingerprint density at radius 2 is 1.11 bits per heavy atom. The Morgan fingerprint density at radius 3 is 1.57 bits per heavy atom. The van der Waals surface area contributed by atoms with Crippen LogP contribution in [0.5, 0.6) is 0 Å². The predicted molar refractivity (Wildman–Crippen MR) is 307 cm³/mol. The number of aliphatic hydroxyl groups excluding tert-OH is 2. The molecule has 84 heavy (non-hydrogen) atoms. The summed E-state index contributed by atoms with van der Waals surface area (Å²) < 4.78 is 232. The highest BCUT2D eigenvalue weighted by Crippen LogP contribution is 2.35. The molecule has 5 aliphatic rings. The standard InChI is InChI=1S/C28H38N2O7S.C20H29N3O3S.C11H13NO7/c1-19(2)16-30(38(33,34)23-10-8-22(29)9-11-23)17-25(31)21(14-20-6-4-3-5-7-20)15-27(32)37-26-18-36-28-24(26)12-13-35-28;1-15(2)13-23(27(25,26)18-10-8-17(21)9-11-18)14-20(24)19(22)12-16-6-4-3-5-7-16;13-8-1-2-9(14)12(8)19-11(15)18-7-5-17-10-6(7)3-4-16-10/h3-11,19,21,24-26,28,31H,12-18,29H2,1-2H3;3-11,15,19-20,24H,12-14,21-22H2,1-2H3;6-7,10H,1-5H2/t21-,24+,25-,26+,28-;19-,20+;6-,7-,10+/m100/s1/i1D3,2D3,16D2,19D;1D3,2D3,13D2,15D;. The van der Waals surface area contributed by atoms with Crippen molar-refractivity contribution in [3.05, 3.63) is 120 Å². The Hall–Kier alpha value is -6.10. The number of carbonyl (C=O) groups is 4. The van der Waals surface area contributed by atoms with Gasteiger partial charge in [0.15, 0.2) is 12.6 Å². The highest BCUT2D eigenvalue weighted by Gasteiger charge is 2.46. The van der Waals surface area contributed by atoms with Gasteiger partial charge in [0.2, 0.25) is 20.0 Å². The van der Waals surface area contributed by atoms with Crippen molar-refractivity contribution in [1.29, 1.82) is 0 Å². The van der Waals surface area contributed by atoms with E-state index in [1.54, 1.807) is 60.7 Å². The van der Waals surface area contributed by atoms with Gasteiger partial charge < -0.3 is 55.8 Å². The van der Waals surface area contributed by atoms with Crippen LogP contribution < -0.4 is 17.2 Å². The molecular formula is C59H80N6O17S2. The Balaban J connectivity index is 0.000000233. The van der Waals surface area contributed by atoms with Gasteiger partial charge in [0.05, 0.1) is 66.7 Å². The van der Waals surface area contributed by atoms with Gasteiger partial charge in [-0.1, -0.05) is 93.1 Å². The van der Waals surface area contributed by atoms with Gasteiger partial charge in [-0.05, 0) is 97.1 Å². The van der Waals surface area contributed by atoms with Crippen molar-refractivity contribution in [3.63, 3.8) is 0 Å². The predicted octanol–water partition coefficient (Wildman–Crippen LogP) is 4.64. The van der Waals surface area contributed by atoms with Gasteiger partial charge in [-0.25, -0.2) is 21.6 Å². The number of nitrogens with zero attached hydrogens (tertiary/aromatic N) is 3. The number of hydrogen-bond acceptors (Lipinski definition) is 20. The number of esters is 1. The van der Waals surface area contributed by atoms with Crippen LogP contribution in [0.3, 0.4) is 0 Å². The van der Waals surface area contributed by atoms with Crippen molar-refractivity contribution in [3.8, 4) is 0 Å². The topological polar surface area (TPSA) is 329 Å². The van der Waals surface area contributed by atoms with Gasteiger partial charge in [0.25, 0.3) is 11.8 Å². The fraction of sp³-hybridized carbons (Fsp3) is 0.525. The first-order chi connectivity index (χ1) is 47.1. The van der Waals surface area contributed by atoms with Crippen molar-refractivity contribution < 1.29 is 104 Å². The minimum Gasteiger partial charge on any atom is -0.459 e. The fourth-order valence-electron chi connectivity index (χ4n) is 9.50. The summed E-state index contributed by atoms with van der Waals surface area (Å²) in [6, 6.07) is 24.7. The van der Waals surface area contributed by atoms with E-state index in [1.807, 2.05) is 0 Å². The average molecular weight is 1230 g/mol. The van der Waals surface area contributed by atoms with Crippen molar-refractivity contribution in [2.45, 2.75) is 125 Å². The van der Waals surface area contributed by atoms with E-state index in [1.165, 1.54) is 24.3 Å². The number of aliphatic hydroxyl groups is 2. The summed E-state index contributed by atoms with van der Waals surface area (Å²) in [5.41, 5.74) is 18.9. The first kappa shape index (κ1) is 44.4. The van der Waals surface area contributed by atoms with Crippen LogP contribution in [0.15, 0.2) is 119 Å². The summed E-state index contributed by atoms with van der Waals surface area (Å²) in [6.45, 7) is -24.2. The fourth-order valence-corrected chi connectivity index (χ4v) is 12.1. The van der Waals surface area contributed by atoms with E-state index in [0.717, 1.165) is 30.7 Å². The number of anilines is 2. The number of hydrogen-bond donors (Lipinski definition) is 5. The van der Waals surface area contributed by atoms with E-state index in [9.17, 15) is 46.2 Å². The van der Waals surface area contributed by atoms with Crippen LogP contribution in [-0.4, -0.2) is 160 Å². The van der Waals surface area contributed by atoms with E-state index in [2.05, 4.69) is 4.84 Å². The number of rotatable bonds is 23. The smallest absolute Gasteiger partial charge is 0.459 e. The number of benzene rings is 4. The lowest BCUT2D eigenvalue weighted by molar-refractivity contribution is -0.179. The molecule has 9 rings (SSSR count). The molecule has 0 saturated carbocycles. The first-order valence-corrected chi connectivity index (χ1v) is 29.4. The number of carbonyl (C=O) groups excluding carboxylic acids is 4. The average Bonchev–Trinajstić information content (AvgIpc) is 1.00. The summed E-state index contributed by atoms with van der Waals surface area (Å²) in [5.74, 6) is -11.1. The SMILES string of the molecule is O=C(O[C@H]1CO[C@H]2OCC[C@H]21)ON1C(=O)CCC1=O.[2H]C([2H])([2H])C([2H])(C([2H])([2H])[2H])C([2H])([2H])N(C[C@@H](O)[C@@H](CC(=O)O[C@H]1CO[C@H]2OCC[C@H]21)Cc1ccccc1)S(=O)(=O)c1ccc(N)cc1.[2H]C([2H])([2H])C([2H])(C([2H])([2H])[2H])C([2H])([2H])N(C[C@@H](O)[C@@H](N)Cc1ccccc1)S(=O)(=O)c1ccc(N)cc1. The molecule has 4 aromatic rings. The van der Waals surface area contributed by atoms with Gasteiger partial charge >= 0.3 is 12.1 Å². The second-order valence-electron chi connectivity index (χ2n) is 20.0. The molecule has 10 atom stereocenters. The van der Waals surface area contributed by atoms with Crippen LogP contribution >= 0.6 is 0 Å². The summed E-state index contributed by atoms with van der Waals surface area (Å²) in [4.78, 5) is 50.8. The van der Waals surface area contributed by atoms with Crippen LogP contribution in [0.25, 0.3) is 0 Å². The molecule has 4 aromatic carbocycles. The maximum Gasteiger partial charge on any atom is 0.534 e. The number of imide groups is 1. The van der Waals surface area contributed by atoms with Gasteiger partial charge in [-0.2, -0.15) is 8.61 Å². The lowest BCUT2D eigenvalue weighted by Crippen LogP contribution is -2.47. The van der Waals surface area contributed by atoms with Gasteiger partial charge in [0, 0.05) is 86.9 Å².